The third kappa shape index (κ3) is 2.78. The molecule has 0 amide bonds. The van der Waals surface area contributed by atoms with E-state index in [2.05, 4.69) is 4.18 Å². The molecule has 9 heteroatoms. The molecule has 0 heterocycles. The van der Waals surface area contributed by atoms with Gasteiger partial charge in [0.25, 0.3) is 20.2 Å². The van der Waals surface area contributed by atoms with Crippen LogP contribution in [0.4, 0.5) is 0 Å². The number of phenols is 1. The van der Waals surface area contributed by atoms with E-state index in [-0.39, 0.29) is 10.6 Å². The summed E-state index contributed by atoms with van der Waals surface area (Å²) in [4.78, 5) is -0.174. The van der Waals surface area contributed by atoms with E-state index in [9.17, 15) is 26.5 Å². The van der Waals surface area contributed by atoms with Gasteiger partial charge in [0.1, 0.15) is 16.4 Å². The van der Waals surface area contributed by atoms with E-state index in [0.29, 0.717) is 32.5 Å². The molecule has 2 N–H and O–H groups in total. The van der Waals surface area contributed by atoms with Crippen molar-refractivity contribution in [3.63, 3.8) is 0 Å². The number of hydrogen-bond acceptors (Lipinski definition) is 6. The minimum absolute atomic E-state index is 0.174. The Morgan fingerprint density at radius 1 is 0.893 bits per heavy atom. The first kappa shape index (κ1) is 18.9. The zero-order valence-electron chi connectivity index (χ0n) is 14.9. The van der Waals surface area contributed by atoms with E-state index in [1.54, 1.807) is 37.3 Å². The first-order chi connectivity index (χ1) is 13.0. The van der Waals surface area contributed by atoms with Gasteiger partial charge in [-0.1, -0.05) is 24.3 Å². The Labute approximate surface area is 161 Å². The number of rotatable bonds is 4. The van der Waals surface area contributed by atoms with Crippen LogP contribution in [0.25, 0.3) is 32.3 Å². The van der Waals surface area contributed by atoms with E-state index in [1.807, 2.05) is 0 Å². The molecule has 0 fully saturated rings. The van der Waals surface area contributed by atoms with Crippen molar-refractivity contribution in [1.82, 2.24) is 0 Å². The molecule has 4 aromatic carbocycles. The second-order valence-corrected chi connectivity index (χ2v) is 9.80. The Balaban J connectivity index is 2.28. The minimum Gasteiger partial charge on any atom is -0.507 e. The van der Waals surface area contributed by atoms with Crippen molar-refractivity contribution < 1.29 is 30.7 Å². The Morgan fingerprint density at radius 3 is 2.11 bits per heavy atom. The van der Waals surface area contributed by atoms with E-state index in [4.69, 9.17) is 0 Å². The number of aryl methyl sites for hydroxylation is 1. The van der Waals surface area contributed by atoms with E-state index >= 15 is 0 Å². The summed E-state index contributed by atoms with van der Waals surface area (Å²) in [7, 11) is -7.32. The van der Waals surface area contributed by atoms with Crippen LogP contribution in [0, 0.1) is 6.92 Å². The normalized spacial score (nSPS) is 13.1. The highest BCUT2D eigenvalue weighted by Gasteiger charge is 2.24. The quantitative estimate of drug-likeness (QED) is 0.295. The lowest BCUT2D eigenvalue weighted by molar-refractivity contribution is 0.397. The smallest absolute Gasteiger partial charge is 0.297 e. The molecular weight excluding hydrogens is 404 g/mol. The van der Waals surface area contributed by atoms with Gasteiger partial charge in [0.2, 0.25) is 0 Å². The lowest BCUT2D eigenvalue weighted by Gasteiger charge is -2.18. The van der Waals surface area contributed by atoms with Crippen LogP contribution >= 0.6 is 0 Å². The molecule has 0 radical (unpaired) electrons. The van der Waals surface area contributed by atoms with Crippen LogP contribution in [0.3, 0.4) is 0 Å². The highest BCUT2D eigenvalue weighted by Crippen LogP contribution is 2.43. The van der Waals surface area contributed by atoms with Crippen LogP contribution in [0.1, 0.15) is 11.1 Å². The Morgan fingerprint density at radius 2 is 1.46 bits per heavy atom. The monoisotopic (exact) mass is 420 g/mol. The first-order valence-electron chi connectivity index (χ1n) is 8.22. The van der Waals surface area contributed by atoms with Crippen molar-refractivity contribution in [3.8, 4) is 5.75 Å². The molecule has 0 aliphatic rings. The molecule has 0 spiro atoms. The Hall–Kier alpha value is -2.46. The van der Waals surface area contributed by atoms with Gasteiger partial charge < -0.3 is 5.11 Å². The van der Waals surface area contributed by atoms with Crippen LogP contribution in [-0.4, -0.2) is 33.6 Å². The lowest BCUT2D eigenvalue weighted by atomic mass is 9.90. The molecule has 0 atom stereocenters. The zero-order valence-corrected chi connectivity index (χ0v) is 16.6. The molecule has 4 aromatic rings. The van der Waals surface area contributed by atoms with E-state index in [0.717, 1.165) is 24.1 Å². The molecule has 0 aliphatic carbocycles. The summed E-state index contributed by atoms with van der Waals surface area (Å²) < 4.78 is 61.6. The van der Waals surface area contributed by atoms with Gasteiger partial charge in [-0.05, 0) is 40.3 Å². The fraction of sp³-hybridized carbons (Fsp3) is 0.158. The van der Waals surface area contributed by atoms with Gasteiger partial charge in [-0.25, -0.2) is 0 Å². The maximum atomic E-state index is 12.4. The molecule has 0 bridgehead atoms. The predicted octanol–water partition coefficient (Wildman–Crippen LogP) is 3.32. The molecule has 4 rings (SSSR count). The van der Waals surface area contributed by atoms with Crippen LogP contribution in [-0.2, 0) is 30.2 Å². The Kier molecular flexibility index (Phi) is 4.06. The second kappa shape index (κ2) is 6.02. The van der Waals surface area contributed by atoms with Crippen molar-refractivity contribution >= 4 is 52.6 Å². The summed E-state index contributed by atoms with van der Waals surface area (Å²) in [5.41, 5.74) is 1.15. The van der Waals surface area contributed by atoms with E-state index < -0.39 is 26.0 Å². The molecule has 0 unspecified atom stereocenters. The number of aromatic hydroxyl groups is 1. The summed E-state index contributed by atoms with van der Waals surface area (Å²) in [6, 6.07) is 9.49. The van der Waals surface area contributed by atoms with Crippen LogP contribution < -0.4 is 0 Å². The summed E-state index contributed by atoms with van der Waals surface area (Å²) in [6.45, 7) is 1.80. The number of hydrogen-bond donors (Lipinski definition) is 2. The summed E-state index contributed by atoms with van der Waals surface area (Å²) in [6.07, 6.45) is 0. The van der Waals surface area contributed by atoms with Crippen LogP contribution in [0.15, 0.2) is 41.3 Å². The highest BCUT2D eigenvalue weighted by molar-refractivity contribution is 7.87. The van der Waals surface area contributed by atoms with Gasteiger partial charge in [-0.2, -0.15) is 16.8 Å². The summed E-state index contributed by atoms with van der Waals surface area (Å²) in [5.74, 6) is -0.799. The summed E-state index contributed by atoms with van der Waals surface area (Å²) in [5, 5.41) is 13.7. The maximum absolute atomic E-state index is 12.4. The molecule has 28 heavy (non-hydrogen) atoms. The molecule has 146 valence electrons. The molecule has 0 aliphatic heterocycles. The number of phenolic OH excluding ortho intramolecular Hbond substituents is 1. The predicted molar refractivity (Wildman–Crippen MR) is 106 cm³/mol. The molecular formula is C19H16O7S2. The zero-order chi connectivity index (χ0) is 20.4. The van der Waals surface area contributed by atoms with Gasteiger partial charge in [-0.3, -0.25) is 8.74 Å². The maximum Gasteiger partial charge on any atom is 0.297 e. The van der Waals surface area contributed by atoms with Gasteiger partial charge in [0.05, 0.1) is 7.11 Å². The first-order valence-corrected chi connectivity index (χ1v) is 11.2. The van der Waals surface area contributed by atoms with Crippen molar-refractivity contribution in [3.05, 3.63) is 47.5 Å². The van der Waals surface area contributed by atoms with Gasteiger partial charge in [0.15, 0.2) is 0 Å². The fourth-order valence-corrected chi connectivity index (χ4v) is 5.33. The molecule has 0 saturated heterocycles. The highest BCUT2D eigenvalue weighted by atomic mass is 32.2. The van der Waals surface area contributed by atoms with Crippen LogP contribution in [0.2, 0.25) is 0 Å². The lowest BCUT2D eigenvalue weighted by Crippen LogP contribution is -2.05. The van der Waals surface area contributed by atoms with Gasteiger partial charge >= 0.3 is 0 Å². The summed E-state index contributed by atoms with van der Waals surface area (Å²) >= 11 is 0. The molecule has 7 nitrogen and oxygen atoms in total. The largest absolute Gasteiger partial charge is 0.507 e. The van der Waals surface area contributed by atoms with Gasteiger partial charge in [-0.15, -0.1) is 0 Å². The topological polar surface area (TPSA) is 118 Å². The average Bonchev–Trinajstić information content (AvgIpc) is 2.61. The van der Waals surface area contributed by atoms with Crippen molar-refractivity contribution in [1.29, 1.82) is 0 Å². The minimum atomic E-state index is -4.27. The SMILES string of the molecule is COS(=O)(=O)c1cc(O)c2ccc3c(CS(=O)(=O)O)cc(C)c4ccc1c2c43. The van der Waals surface area contributed by atoms with E-state index in [1.165, 1.54) is 0 Å². The number of benzene rings is 4. The molecule has 0 aromatic heterocycles. The molecule has 0 saturated carbocycles. The van der Waals surface area contributed by atoms with Gasteiger partial charge in [0, 0.05) is 22.2 Å². The van der Waals surface area contributed by atoms with Crippen molar-refractivity contribution in [2.24, 2.45) is 0 Å². The average molecular weight is 420 g/mol. The Bertz CT molecular complexity index is 1470. The third-order valence-electron chi connectivity index (χ3n) is 4.96. The van der Waals surface area contributed by atoms with Crippen LogP contribution in [0.5, 0.6) is 5.75 Å². The fourth-order valence-electron chi connectivity index (χ4n) is 3.82. The third-order valence-corrected chi connectivity index (χ3v) is 6.95. The van der Waals surface area contributed by atoms with Crippen molar-refractivity contribution in [2.45, 2.75) is 17.6 Å². The van der Waals surface area contributed by atoms with Crippen molar-refractivity contribution in [2.75, 3.05) is 7.11 Å². The second-order valence-electron chi connectivity index (χ2n) is 6.66. The standard InChI is InChI=1S/C19H16O7S2/c1-10-7-11(9-27(21,22)23)13-4-5-14-16(20)8-17(28(24,25)26-2)15-6-3-12(10)18(13)19(14)15/h3-8,20H,9H2,1-2H3,(H,21,22,23).